The number of carbonyl (C=O) groups is 4. The van der Waals surface area contributed by atoms with E-state index in [0.717, 1.165) is 53.0 Å². The second-order valence-electron chi connectivity index (χ2n) is 5.60. The predicted molar refractivity (Wildman–Crippen MR) is 99.3 cm³/mol. The van der Waals surface area contributed by atoms with Crippen LogP contribution in [0.5, 0.6) is 0 Å². The van der Waals surface area contributed by atoms with Gasteiger partial charge in [-0.25, -0.2) is 37.6 Å². The second kappa shape index (κ2) is 9.30. The lowest BCUT2D eigenvalue weighted by Gasteiger charge is -2.11. The number of ether oxygens (including phenoxy) is 4. The van der Waals surface area contributed by atoms with E-state index in [-0.39, 0.29) is 0 Å². The van der Waals surface area contributed by atoms with Crippen molar-refractivity contribution in [3.05, 3.63) is 47.0 Å². The lowest BCUT2D eigenvalue weighted by atomic mass is 10.2. The van der Waals surface area contributed by atoms with E-state index in [1.807, 2.05) is 0 Å². The van der Waals surface area contributed by atoms with Gasteiger partial charge in [-0.2, -0.15) is 0 Å². The van der Waals surface area contributed by atoms with E-state index in [2.05, 4.69) is 28.9 Å². The van der Waals surface area contributed by atoms with Crippen molar-refractivity contribution in [1.82, 2.24) is 9.97 Å². The largest absolute Gasteiger partial charge is 0.465 e. The van der Waals surface area contributed by atoms with Crippen molar-refractivity contribution in [3.8, 4) is 0 Å². The third-order valence-corrected chi connectivity index (χ3v) is 5.60. The van der Waals surface area contributed by atoms with Crippen LogP contribution in [0.15, 0.2) is 34.3 Å². The molecule has 0 amide bonds. The van der Waals surface area contributed by atoms with Crippen LogP contribution in [0.4, 0.5) is 0 Å². The summed E-state index contributed by atoms with van der Waals surface area (Å²) >= 11 is 0. The first-order chi connectivity index (χ1) is 14.6. The van der Waals surface area contributed by atoms with Crippen LogP contribution in [0.25, 0.3) is 0 Å². The van der Waals surface area contributed by atoms with E-state index in [1.165, 1.54) is 0 Å². The summed E-state index contributed by atoms with van der Waals surface area (Å²) in [7, 11) is -0.241. The molecule has 0 aliphatic heterocycles. The number of rotatable bonds is 6. The maximum absolute atomic E-state index is 13.0. The molecule has 0 spiro atoms. The topological polar surface area (TPSA) is 165 Å². The molecule has 13 heteroatoms. The summed E-state index contributed by atoms with van der Waals surface area (Å²) in [5.74, 6) is -4.03. The van der Waals surface area contributed by atoms with Crippen LogP contribution in [0.2, 0.25) is 0 Å². The summed E-state index contributed by atoms with van der Waals surface area (Å²) in [6.07, 6.45) is 1.64. The highest BCUT2D eigenvalue weighted by Gasteiger charge is 2.29. The molecule has 0 radical (unpaired) electrons. The van der Waals surface area contributed by atoms with Crippen molar-refractivity contribution in [3.63, 3.8) is 0 Å². The molecule has 0 unspecified atom stereocenters. The lowest BCUT2D eigenvalue weighted by molar-refractivity contribution is 0.0549. The van der Waals surface area contributed by atoms with Gasteiger partial charge in [0.25, 0.3) is 0 Å². The van der Waals surface area contributed by atoms with Crippen LogP contribution in [0, 0.1) is 0 Å². The van der Waals surface area contributed by atoms with Crippen LogP contribution in [0.1, 0.15) is 41.7 Å². The molecule has 12 nitrogen and oxygen atoms in total. The molecule has 0 atom stereocenters. The zero-order valence-electron chi connectivity index (χ0n) is 16.7. The van der Waals surface area contributed by atoms with Crippen LogP contribution in [0.3, 0.4) is 0 Å². The van der Waals surface area contributed by atoms with Crippen LogP contribution in [-0.2, 0) is 28.8 Å². The Labute approximate surface area is 176 Å². The fourth-order valence-corrected chi connectivity index (χ4v) is 3.57. The van der Waals surface area contributed by atoms with Gasteiger partial charge in [-0.15, -0.1) is 0 Å². The van der Waals surface area contributed by atoms with Crippen molar-refractivity contribution >= 4 is 33.7 Å². The molecule has 2 rings (SSSR count). The van der Waals surface area contributed by atoms with E-state index in [9.17, 15) is 27.6 Å². The zero-order valence-corrected chi connectivity index (χ0v) is 17.5. The van der Waals surface area contributed by atoms with E-state index in [1.54, 1.807) is 0 Å². The van der Waals surface area contributed by atoms with Gasteiger partial charge in [0, 0.05) is 12.4 Å². The minimum Gasteiger partial charge on any atom is -0.465 e. The van der Waals surface area contributed by atoms with Crippen LogP contribution < -0.4 is 0 Å². The summed E-state index contributed by atoms with van der Waals surface area (Å²) in [6, 6.07) is 1.74. The van der Waals surface area contributed by atoms with Gasteiger partial charge in [0.2, 0.25) is 9.84 Å². The standard InChI is InChI=1S/C18H16N2O10S/c1-27-15(21)11-5-9(7-19-13(11)17(23)29-3)31(25,26)10-6-12(16(22)28-2)14(20-8-10)18(24)30-4/h5-8H,1-4H3. The minimum atomic E-state index is -4.41. The summed E-state index contributed by atoms with van der Waals surface area (Å²) in [4.78, 5) is 54.1. The van der Waals surface area contributed by atoms with Crippen LogP contribution in [-0.4, -0.2) is 70.7 Å². The third-order valence-electron chi connectivity index (χ3n) is 3.91. The van der Waals surface area contributed by atoms with Crippen molar-refractivity contribution < 1.29 is 46.5 Å². The van der Waals surface area contributed by atoms with Gasteiger partial charge in [-0.1, -0.05) is 0 Å². The number of methoxy groups -OCH3 is 4. The average molecular weight is 452 g/mol. The molecular weight excluding hydrogens is 436 g/mol. The molecule has 0 saturated carbocycles. The van der Waals surface area contributed by atoms with E-state index in [0.29, 0.717) is 0 Å². The number of pyridine rings is 2. The molecule has 0 aromatic carbocycles. The molecule has 0 aliphatic rings. The average Bonchev–Trinajstić information content (AvgIpc) is 2.80. The molecular formula is C18H16N2O10S. The number of carbonyl (C=O) groups excluding carboxylic acids is 4. The van der Waals surface area contributed by atoms with Crippen LogP contribution >= 0.6 is 0 Å². The lowest BCUT2D eigenvalue weighted by Crippen LogP contribution is -2.17. The number of sulfone groups is 1. The molecule has 31 heavy (non-hydrogen) atoms. The summed E-state index contributed by atoms with van der Waals surface area (Å²) in [5, 5.41) is 0. The number of aromatic nitrogens is 2. The van der Waals surface area contributed by atoms with Crippen molar-refractivity contribution in [2.75, 3.05) is 28.4 Å². The van der Waals surface area contributed by atoms with Gasteiger partial charge in [0.15, 0.2) is 11.4 Å². The van der Waals surface area contributed by atoms with Gasteiger partial charge < -0.3 is 18.9 Å². The van der Waals surface area contributed by atoms with E-state index < -0.39 is 66.0 Å². The highest BCUT2D eigenvalue weighted by Crippen LogP contribution is 2.24. The molecule has 0 N–H and O–H groups in total. The first-order valence-corrected chi connectivity index (χ1v) is 9.69. The predicted octanol–water partition coefficient (Wildman–Crippen LogP) is 0.456. The van der Waals surface area contributed by atoms with Crippen molar-refractivity contribution in [2.24, 2.45) is 0 Å². The fraction of sp³-hybridized carbons (Fsp3) is 0.222. The smallest absolute Gasteiger partial charge is 0.357 e. The Morgan fingerprint density at radius 2 is 0.968 bits per heavy atom. The van der Waals surface area contributed by atoms with Gasteiger partial charge >= 0.3 is 23.9 Å². The Hall–Kier alpha value is -3.87. The molecule has 0 saturated heterocycles. The summed E-state index contributed by atoms with van der Waals surface area (Å²) < 4.78 is 44.2. The number of hydrogen-bond donors (Lipinski definition) is 0. The highest BCUT2D eigenvalue weighted by atomic mass is 32.2. The molecule has 2 aromatic heterocycles. The fourth-order valence-electron chi connectivity index (χ4n) is 2.37. The summed E-state index contributed by atoms with van der Waals surface area (Å²) in [6.45, 7) is 0. The Morgan fingerprint density at radius 1 is 0.645 bits per heavy atom. The van der Waals surface area contributed by atoms with E-state index in [4.69, 9.17) is 0 Å². The SMILES string of the molecule is COC(=O)c1cc(S(=O)(=O)c2cnc(C(=O)OC)c(C(=O)OC)c2)cnc1C(=O)OC. The van der Waals surface area contributed by atoms with Gasteiger partial charge in [0.05, 0.1) is 49.4 Å². The first-order valence-electron chi connectivity index (χ1n) is 8.20. The Bertz CT molecular complexity index is 1090. The molecule has 164 valence electrons. The normalized spacial score (nSPS) is 10.7. The maximum Gasteiger partial charge on any atom is 0.357 e. The monoisotopic (exact) mass is 452 g/mol. The Kier molecular flexibility index (Phi) is 7.02. The molecule has 2 aromatic rings. The van der Waals surface area contributed by atoms with Gasteiger partial charge in [-0.3, -0.25) is 0 Å². The molecule has 0 fully saturated rings. The van der Waals surface area contributed by atoms with E-state index >= 15 is 0 Å². The number of hydrogen-bond acceptors (Lipinski definition) is 12. The zero-order chi connectivity index (χ0) is 23.3. The van der Waals surface area contributed by atoms with Crippen molar-refractivity contribution in [2.45, 2.75) is 9.79 Å². The van der Waals surface area contributed by atoms with Gasteiger partial charge in [-0.05, 0) is 12.1 Å². The molecule has 0 bridgehead atoms. The third kappa shape index (κ3) is 4.50. The number of esters is 4. The Balaban J connectivity index is 2.69. The quantitative estimate of drug-likeness (QED) is 0.439. The highest BCUT2D eigenvalue weighted by molar-refractivity contribution is 7.91. The molecule has 2 heterocycles. The first kappa shape index (κ1) is 23.4. The Morgan fingerprint density at radius 3 is 1.26 bits per heavy atom. The second-order valence-corrected chi connectivity index (χ2v) is 7.55. The van der Waals surface area contributed by atoms with Crippen molar-refractivity contribution in [1.29, 1.82) is 0 Å². The maximum atomic E-state index is 13.0. The molecule has 0 aliphatic carbocycles. The summed E-state index contributed by atoms with van der Waals surface area (Å²) in [5.41, 5.74) is -1.82. The minimum absolute atomic E-state index is 0.456. The van der Waals surface area contributed by atoms with Gasteiger partial charge in [0.1, 0.15) is 0 Å². The number of nitrogens with zero attached hydrogens (tertiary/aromatic N) is 2.